The van der Waals surface area contributed by atoms with E-state index >= 15 is 0 Å². The summed E-state index contributed by atoms with van der Waals surface area (Å²) in [6.45, 7) is 10.4. The van der Waals surface area contributed by atoms with Crippen LogP contribution in [0.4, 0.5) is 0 Å². The molecule has 4 rings (SSSR count). The molecule has 4 aliphatic rings. The average Bonchev–Trinajstić information content (AvgIpc) is 3.18. The smallest absolute Gasteiger partial charge is 0.305 e. The second-order valence-corrected chi connectivity index (χ2v) is 11.1. The number of likely N-dealkylation sites (N-methyl/N-ethyl adjacent to an activating group) is 1. The van der Waals surface area contributed by atoms with Crippen LogP contribution in [0.5, 0.6) is 0 Å². The molecular formula is C26H45NO10. The Balaban J connectivity index is 1.57. The summed E-state index contributed by atoms with van der Waals surface area (Å²) in [6.07, 6.45) is -5.26. The highest BCUT2D eigenvalue weighted by molar-refractivity contribution is 5.68. The Morgan fingerprint density at radius 2 is 1.84 bits per heavy atom. The first kappa shape index (κ1) is 29.1. The van der Waals surface area contributed by atoms with Crippen molar-refractivity contribution < 1.29 is 48.2 Å². The molecule has 0 aromatic rings. The lowest BCUT2D eigenvalue weighted by atomic mass is 9.85. The normalized spacial score (nSPS) is 48.4. The van der Waals surface area contributed by atoms with E-state index in [1.165, 1.54) is 0 Å². The van der Waals surface area contributed by atoms with Gasteiger partial charge >= 0.3 is 5.97 Å². The Bertz CT molecular complexity index is 795. The first-order valence-corrected chi connectivity index (χ1v) is 13.6. The number of ether oxygens (including phenoxy) is 7. The zero-order valence-electron chi connectivity index (χ0n) is 23.1. The van der Waals surface area contributed by atoms with E-state index in [2.05, 4.69) is 0 Å². The van der Waals surface area contributed by atoms with Crippen LogP contribution in [0.3, 0.4) is 0 Å². The van der Waals surface area contributed by atoms with Crippen molar-refractivity contribution in [3.63, 3.8) is 0 Å². The molecule has 4 aliphatic heterocycles. The van der Waals surface area contributed by atoms with E-state index in [1.807, 2.05) is 39.6 Å². The number of esters is 1. The number of likely N-dealkylation sites (tertiary alicyclic amines) is 1. The first-order chi connectivity index (χ1) is 17.5. The summed E-state index contributed by atoms with van der Waals surface area (Å²) in [7, 11) is 3.58. The van der Waals surface area contributed by atoms with E-state index in [1.54, 1.807) is 14.0 Å². The number of carbonyl (C=O) groups is 1. The third kappa shape index (κ3) is 5.31. The number of carbonyl (C=O) groups excluding carboxylic acids is 1. The van der Waals surface area contributed by atoms with Crippen LogP contribution >= 0.6 is 0 Å². The first-order valence-electron chi connectivity index (χ1n) is 13.6. The molecule has 4 fully saturated rings. The number of methoxy groups -OCH3 is 1. The number of hydrogen-bond donors (Lipinski definition) is 2. The maximum absolute atomic E-state index is 11.9. The van der Waals surface area contributed by atoms with E-state index in [0.29, 0.717) is 19.6 Å². The van der Waals surface area contributed by atoms with Crippen molar-refractivity contribution in [1.29, 1.82) is 0 Å². The minimum absolute atomic E-state index is 0.119. The van der Waals surface area contributed by atoms with Crippen LogP contribution in [-0.4, -0.2) is 127 Å². The Morgan fingerprint density at radius 3 is 2.46 bits per heavy atom. The predicted octanol–water partition coefficient (Wildman–Crippen LogP) is 0.621. The lowest BCUT2D eigenvalue weighted by Gasteiger charge is -2.52. The standard InChI is InChI=1S/C26H45NO10/c1-8-16(28)32-11-15-18(29)21(17-23(35-15)26(10-3,31-7)12-27(17)6)36-24-19(30)22-20(14(4)34-24)37-25(5,9-2)13-33-22/h14-15,17-24,29-30H,8-13H2,1-7H3. The summed E-state index contributed by atoms with van der Waals surface area (Å²) >= 11 is 0. The van der Waals surface area contributed by atoms with Gasteiger partial charge in [0.1, 0.15) is 54.9 Å². The summed E-state index contributed by atoms with van der Waals surface area (Å²) in [4.78, 5) is 13.9. The molecule has 0 saturated carbocycles. The third-order valence-electron chi connectivity index (χ3n) is 8.72. The second-order valence-electron chi connectivity index (χ2n) is 11.1. The minimum Gasteiger partial charge on any atom is -0.463 e. The highest BCUT2D eigenvalue weighted by Gasteiger charge is 2.62. The molecule has 12 unspecified atom stereocenters. The molecule has 4 heterocycles. The Labute approximate surface area is 219 Å². The Kier molecular flexibility index (Phi) is 8.89. The highest BCUT2D eigenvalue weighted by atomic mass is 16.7. The maximum atomic E-state index is 11.9. The van der Waals surface area contributed by atoms with Gasteiger partial charge in [0.2, 0.25) is 0 Å². The van der Waals surface area contributed by atoms with Gasteiger partial charge in [0, 0.05) is 20.1 Å². The molecular weight excluding hydrogens is 486 g/mol. The van der Waals surface area contributed by atoms with Gasteiger partial charge in [-0.1, -0.05) is 20.8 Å². The molecule has 12 atom stereocenters. The molecule has 0 radical (unpaired) electrons. The van der Waals surface area contributed by atoms with Gasteiger partial charge < -0.3 is 43.4 Å². The van der Waals surface area contributed by atoms with Crippen LogP contribution in [-0.2, 0) is 38.0 Å². The van der Waals surface area contributed by atoms with Gasteiger partial charge in [0.05, 0.1) is 24.4 Å². The van der Waals surface area contributed by atoms with Crippen molar-refractivity contribution >= 4 is 5.97 Å². The van der Waals surface area contributed by atoms with Gasteiger partial charge in [-0.25, -0.2) is 0 Å². The summed E-state index contributed by atoms with van der Waals surface area (Å²) in [5.41, 5.74) is -1.08. The summed E-state index contributed by atoms with van der Waals surface area (Å²) in [5.74, 6) is -0.383. The maximum Gasteiger partial charge on any atom is 0.305 e. The fraction of sp³-hybridized carbons (Fsp3) is 0.962. The molecule has 0 aliphatic carbocycles. The topological polar surface area (TPSA) is 125 Å². The molecule has 0 aromatic carbocycles. The molecule has 11 nitrogen and oxygen atoms in total. The SMILES string of the molecule is CCC(=O)OCC1OC2C(C(OC3OC(C)C4OC(C)(CC)COC4C3O)C1O)N(C)CC2(CC)OC. The number of rotatable bonds is 8. The molecule has 4 saturated heterocycles. The molecule has 0 bridgehead atoms. The number of aliphatic hydroxyl groups is 2. The largest absolute Gasteiger partial charge is 0.463 e. The third-order valence-corrected chi connectivity index (χ3v) is 8.72. The summed E-state index contributed by atoms with van der Waals surface area (Å²) < 4.78 is 42.6. The van der Waals surface area contributed by atoms with Crippen molar-refractivity contribution in [3.8, 4) is 0 Å². The number of nitrogens with zero attached hydrogens (tertiary/aromatic N) is 1. The molecule has 0 aromatic heterocycles. The van der Waals surface area contributed by atoms with Crippen LogP contribution in [0.1, 0.15) is 53.9 Å². The van der Waals surface area contributed by atoms with E-state index in [0.717, 1.165) is 6.42 Å². The zero-order valence-corrected chi connectivity index (χ0v) is 23.1. The van der Waals surface area contributed by atoms with Crippen molar-refractivity contribution in [2.75, 3.05) is 33.9 Å². The van der Waals surface area contributed by atoms with E-state index in [4.69, 9.17) is 33.2 Å². The van der Waals surface area contributed by atoms with Crippen molar-refractivity contribution in [3.05, 3.63) is 0 Å². The van der Waals surface area contributed by atoms with Gasteiger partial charge in [-0.15, -0.1) is 0 Å². The minimum atomic E-state index is -1.14. The van der Waals surface area contributed by atoms with Gasteiger partial charge in [-0.05, 0) is 33.7 Å². The quantitative estimate of drug-likeness (QED) is 0.428. The van der Waals surface area contributed by atoms with Gasteiger partial charge in [0.25, 0.3) is 0 Å². The van der Waals surface area contributed by atoms with Gasteiger partial charge in [-0.3, -0.25) is 9.69 Å². The number of fused-ring (bicyclic) bond motifs is 2. The molecule has 2 N–H and O–H groups in total. The van der Waals surface area contributed by atoms with Gasteiger partial charge in [-0.2, -0.15) is 0 Å². The average molecular weight is 532 g/mol. The molecule has 214 valence electrons. The second kappa shape index (κ2) is 11.3. The molecule has 0 spiro atoms. The van der Waals surface area contributed by atoms with Crippen LogP contribution in [0.2, 0.25) is 0 Å². The fourth-order valence-corrected chi connectivity index (χ4v) is 6.11. The molecule has 0 amide bonds. The monoisotopic (exact) mass is 531 g/mol. The van der Waals surface area contributed by atoms with Crippen molar-refractivity contribution in [1.82, 2.24) is 4.90 Å². The number of aliphatic hydroxyl groups excluding tert-OH is 2. The predicted molar refractivity (Wildman–Crippen MR) is 131 cm³/mol. The Morgan fingerprint density at radius 1 is 1.11 bits per heavy atom. The van der Waals surface area contributed by atoms with Crippen molar-refractivity contribution in [2.45, 2.75) is 126 Å². The molecule has 37 heavy (non-hydrogen) atoms. The summed E-state index contributed by atoms with van der Waals surface area (Å²) in [6, 6.07) is -0.385. The van der Waals surface area contributed by atoms with E-state index in [9.17, 15) is 15.0 Å². The summed E-state index contributed by atoms with van der Waals surface area (Å²) in [5, 5.41) is 22.7. The van der Waals surface area contributed by atoms with Crippen LogP contribution in [0, 0.1) is 0 Å². The Hall–Kier alpha value is -0.890. The molecule has 11 heteroatoms. The van der Waals surface area contributed by atoms with Crippen LogP contribution in [0.15, 0.2) is 0 Å². The lowest BCUT2D eigenvalue weighted by molar-refractivity contribution is -0.366. The zero-order chi connectivity index (χ0) is 27.1. The van der Waals surface area contributed by atoms with Gasteiger partial charge in [0.15, 0.2) is 6.29 Å². The van der Waals surface area contributed by atoms with E-state index in [-0.39, 0.29) is 25.0 Å². The fourth-order valence-electron chi connectivity index (χ4n) is 6.11. The van der Waals surface area contributed by atoms with Crippen LogP contribution < -0.4 is 0 Å². The highest BCUT2D eigenvalue weighted by Crippen LogP contribution is 2.43. The van der Waals surface area contributed by atoms with Crippen molar-refractivity contribution in [2.24, 2.45) is 0 Å². The van der Waals surface area contributed by atoms with E-state index < -0.39 is 66.3 Å². The van der Waals surface area contributed by atoms with Crippen LogP contribution in [0.25, 0.3) is 0 Å². The lowest BCUT2D eigenvalue weighted by Crippen LogP contribution is -2.68. The number of hydrogen-bond acceptors (Lipinski definition) is 11.